The zero-order valence-corrected chi connectivity index (χ0v) is 19.9. The van der Waals surface area contributed by atoms with Gasteiger partial charge in [0, 0.05) is 48.2 Å². The third-order valence-corrected chi connectivity index (χ3v) is 6.43. The third-order valence-electron chi connectivity index (χ3n) is 6.43. The molecular formula is C28H26F2N4O2. The van der Waals surface area contributed by atoms with Crippen molar-refractivity contribution in [3.05, 3.63) is 89.6 Å². The van der Waals surface area contributed by atoms with E-state index in [0.29, 0.717) is 35.6 Å². The number of carbonyl (C=O) groups is 2. The third kappa shape index (κ3) is 4.72. The van der Waals surface area contributed by atoms with Gasteiger partial charge in [-0.05, 0) is 67.4 Å². The molecule has 0 aliphatic carbocycles. The molecule has 36 heavy (non-hydrogen) atoms. The van der Waals surface area contributed by atoms with Crippen molar-refractivity contribution >= 4 is 28.8 Å². The molecule has 0 spiro atoms. The molecule has 3 N–H and O–H groups in total. The number of fused-ring (bicyclic) bond motifs is 1. The van der Waals surface area contributed by atoms with Crippen molar-refractivity contribution in [1.82, 2.24) is 10.6 Å². The second-order valence-corrected chi connectivity index (χ2v) is 9.29. The Balaban J connectivity index is 1.43. The van der Waals surface area contributed by atoms with E-state index >= 15 is 4.39 Å². The summed E-state index contributed by atoms with van der Waals surface area (Å²) in [6.07, 6.45) is 1.47. The van der Waals surface area contributed by atoms with Crippen molar-refractivity contribution in [3.63, 3.8) is 0 Å². The number of anilines is 2. The smallest absolute Gasteiger partial charge is 0.260 e. The average Bonchev–Trinajstić information content (AvgIpc) is 2.83. The van der Waals surface area contributed by atoms with E-state index in [-0.39, 0.29) is 29.3 Å². The zero-order chi connectivity index (χ0) is 25.4. The first-order chi connectivity index (χ1) is 17.3. The van der Waals surface area contributed by atoms with Crippen molar-refractivity contribution in [1.29, 1.82) is 0 Å². The summed E-state index contributed by atoms with van der Waals surface area (Å²) in [7, 11) is 0. The van der Waals surface area contributed by atoms with Gasteiger partial charge in [-0.15, -0.1) is 0 Å². The van der Waals surface area contributed by atoms with Crippen LogP contribution in [0.25, 0.3) is 16.7 Å². The van der Waals surface area contributed by atoms with Gasteiger partial charge in [-0.2, -0.15) is 0 Å². The van der Waals surface area contributed by atoms with Crippen molar-refractivity contribution in [2.24, 2.45) is 0 Å². The highest BCUT2D eigenvalue weighted by Crippen LogP contribution is 2.31. The molecule has 6 nitrogen and oxygen atoms in total. The number of rotatable bonds is 4. The molecule has 0 aromatic heterocycles. The van der Waals surface area contributed by atoms with Crippen LogP contribution in [0.15, 0.2) is 66.9 Å². The predicted molar refractivity (Wildman–Crippen MR) is 137 cm³/mol. The summed E-state index contributed by atoms with van der Waals surface area (Å²) in [4.78, 5) is 27.1. The molecule has 0 saturated carbocycles. The summed E-state index contributed by atoms with van der Waals surface area (Å²) in [6, 6.07) is 16.5. The van der Waals surface area contributed by atoms with Crippen LogP contribution in [-0.2, 0) is 4.79 Å². The summed E-state index contributed by atoms with van der Waals surface area (Å²) in [5.41, 5.74) is 3.51. The first-order valence-corrected chi connectivity index (χ1v) is 11.8. The molecule has 0 bridgehead atoms. The number of piperazine rings is 1. The minimum atomic E-state index is -0.558. The van der Waals surface area contributed by atoms with Gasteiger partial charge in [0.1, 0.15) is 11.6 Å². The molecule has 8 heteroatoms. The zero-order valence-electron chi connectivity index (χ0n) is 19.9. The standard InChI is InChI=1S/C28H26F2N4O2/c1-16-14-34(15-17(2)32-16)26-10-8-21(12-25(26)30)31-13-24-23-11-19(18-3-6-20(29)7-4-18)5-9-22(23)27(35)33-28(24)36/h3-13,16-17,31-32H,14-15H2,1-2H3,(H,33,35,36)/t16-,17+. The molecule has 0 unspecified atom stereocenters. The quantitative estimate of drug-likeness (QED) is 0.372. The highest BCUT2D eigenvalue weighted by atomic mass is 19.1. The largest absolute Gasteiger partial charge is 0.366 e. The van der Waals surface area contributed by atoms with Crippen LogP contribution < -0.4 is 20.9 Å². The second kappa shape index (κ2) is 9.54. The van der Waals surface area contributed by atoms with E-state index in [4.69, 9.17) is 0 Å². The molecule has 1 saturated heterocycles. The molecule has 3 aromatic carbocycles. The fourth-order valence-electron chi connectivity index (χ4n) is 4.82. The monoisotopic (exact) mass is 488 g/mol. The molecule has 2 atom stereocenters. The lowest BCUT2D eigenvalue weighted by Crippen LogP contribution is -2.54. The van der Waals surface area contributed by atoms with E-state index < -0.39 is 11.8 Å². The number of halogens is 2. The van der Waals surface area contributed by atoms with E-state index in [9.17, 15) is 14.0 Å². The van der Waals surface area contributed by atoms with E-state index in [0.717, 1.165) is 11.1 Å². The van der Waals surface area contributed by atoms with Crippen LogP contribution in [-0.4, -0.2) is 37.0 Å². The lowest BCUT2D eigenvalue weighted by molar-refractivity contribution is -0.114. The van der Waals surface area contributed by atoms with Crippen molar-refractivity contribution in [2.75, 3.05) is 23.3 Å². The van der Waals surface area contributed by atoms with Crippen LogP contribution in [0.1, 0.15) is 29.8 Å². The van der Waals surface area contributed by atoms with Gasteiger partial charge in [0.05, 0.1) is 11.3 Å². The Kier molecular flexibility index (Phi) is 6.28. The number of carbonyl (C=O) groups excluding carboxylic acids is 2. The molecule has 2 aliphatic rings. The Morgan fingerprint density at radius 1 is 0.861 bits per heavy atom. The number of nitrogens with zero attached hydrogens (tertiary/aromatic N) is 1. The van der Waals surface area contributed by atoms with Crippen molar-refractivity contribution in [3.8, 4) is 11.1 Å². The van der Waals surface area contributed by atoms with Gasteiger partial charge < -0.3 is 15.5 Å². The Morgan fingerprint density at radius 2 is 1.56 bits per heavy atom. The molecule has 2 heterocycles. The number of amides is 2. The van der Waals surface area contributed by atoms with Crippen LogP contribution >= 0.6 is 0 Å². The number of nitrogens with one attached hydrogen (secondary N) is 3. The van der Waals surface area contributed by atoms with Gasteiger partial charge in [0.25, 0.3) is 11.8 Å². The number of hydrogen-bond acceptors (Lipinski definition) is 5. The van der Waals surface area contributed by atoms with Gasteiger partial charge in [0.15, 0.2) is 0 Å². The van der Waals surface area contributed by atoms with E-state index in [1.54, 1.807) is 42.5 Å². The average molecular weight is 489 g/mol. The van der Waals surface area contributed by atoms with Crippen LogP contribution in [0.5, 0.6) is 0 Å². The topological polar surface area (TPSA) is 73.5 Å². The lowest BCUT2D eigenvalue weighted by atomic mass is 9.91. The number of imide groups is 1. The Bertz CT molecular complexity index is 1360. The molecule has 184 valence electrons. The second-order valence-electron chi connectivity index (χ2n) is 9.29. The summed E-state index contributed by atoms with van der Waals surface area (Å²) in [5.74, 6) is -1.76. The van der Waals surface area contributed by atoms with E-state index in [1.165, 1.54) is 24.4 Å². The minimum Gasteiger partial charge on any atom is -0.366 e. The Morgan fingerprint density at radius 3 is 2.25 bits per heavy atom. The van der Waals surface area contributed by atoms with Crippen LogP contribution in [0.4, 0.5) is 20.2 Å². The van der Waals surface area contributed by atoms with Crippen LogP contribution in [0, 0.1) is 11.6 Å². The summed E-state index contributed by atoms with van der Waals surface area (Å²) < 4.78 is 28.4. The first-order valence-electron chi connectivity index (χ1n) is 11.8. The van der Waals surface area contributed by atoms with Gasteiger partial charge in [-0.3, -0.25) is 14.9 Å². The lowest BCUT2D eigenvalue weighted by Gasteiger charge is -2.37. The summed E-state index contributed by atoms with van der Waals surface area (Å²) in [6.45, 7) is 5.56. The maximum Gasteiger partial charge on any atom is 0.260 e. The maximum atomic E-state index is 15.0. The molecule has 0 radical (unpaired) electrons. The van der Waals surface area contributed by atoms with Crippen LogP contribution in [0.2, 0.25) is 0 Å². The van der Waals surface area contributed by atoms with E-state index in [2.05, 4.69) is 29.8 Å². The fraction of sp³-hybridized carbons (Fsp3) is 0.214. The predicted octanol–water partition coefficient (Wildman–Crippen LogP) is 4.54. The Labute approximate surface area is 208 Å². The summed E-state index contributed by atoms with van der Waals surface area (Å²) >= 11 is 0. The molecular weight excluding hydrogens is 462 g/mol. The van der Waals surface area contributed by atoms with Crippen molar-refractivity contribution in [2.45, 2.75) is 25.9 Å². The number of hydrogen-bond donors (Lipinski definition) is 3. The van der Waals surface area contributed by atoms with Gasteiger partial charge in [-0.1, -0.05) is 18.2 Å². The van der Waals surface area contributed by atoms with Gasteiger partial charge >= 0.3 is 0 Å². The van der Waals surface area contributed by atoms with Gasteiger partial charge in [0.2, 0.25) is 0 Å². The van der Waals surface area contributed by atoms with Crippen molar-refractivity contribution < 1.29 is 18.4 Å². The Hall–Kier alpha value is -4.04. The SMILES string of the molecule is C[C@@H]1CN(c2ccc(NC=C3C(=O)NC(=O)c4ccc(-c5ccc(F)cc5)cc43)cc2F)C[C@H](C)N1. The molecule has 1 fully saturated rings. The minimum absolute atomic E-state index is 0.239. The first kappa shape index (κ1) is 23.7. The fourth-order valence-corrected chi connectivity index (χ4v) is 4.82. The highest BCUT2D eigenvalue weighted by Gasteiger charge is 2.28. The molecule has 2 amide bonds. The molecule has 3 aromatic rings. The highest BCUT2D eigenvalue weighted by molar-refractivity contribution is 6.31. The summed E-state index contributed by atoms with van der Waals surface area (Å²) in [5, 5.41) is 8.77. The normalized spacial score (nSPS) is 20.8. The molecule has 5 rings (SSSR count). The van der Waals surface area contributed by atoms with E-state index in [1.807, 2.05) is 4.90 Å². The van der Waals surface area contributed by atoms with Crippen LogP contribution in [0.3, 0.4) is 0 Å². The molecule has 2 aliphatic heterocycles. The maximum absolute atomic E-state index is 15.0. The van der Waals surface area contributed by atoms with Gasteiger partial charge in [-0.25, -0.2) is 8.78 Å². The number of benzene rings is 3.